The fraction of sp³-hybridized carbons (Fsp3) is 1.00. The predicted octanol–water partition coefficient (Wildman–Crippen LogP) is 4.00. The quantitative estimate of drug-likeness (QED) is 0.831. The van der Waals surface area contributed by atoms with Crippen LogP contribution in [0.15, 0.2) is 0 Å². The molecule has 2 aliphatic rings. The van der Waals surface area contributed by atoms with Gasteiger partial charge in [-0.1, -0.05) is 27.7 Å². The largest absolute Gasteiger partial charge is 0.378 e. The van der Waals surface area contributed by atoms with Crippen LogP contribution >= 0.6 is 0 Å². The molecule has 112 valence electrons. The van der Waals surface area contributed by atoms with Crippen molar-refractivity contribution in [1.82, 2.24) is 5.32 Å². The lowest BCUT2D eigenvalue weighted by Crippen LogP contribution is -2.39. The van der Waals surface area contributed by atoms with Gasteiger partial charge in [-0.25, -0.2) is 0 Å². The van der Waals surface area contributed by atoms with Gasteiger partial charge in [-0.3, -0.25) is 0 Å². The number of nitrogens with one attached hydrogen (secondary N) is 1. The molecule has 1 aliphatic carbocycles. The summed E-state index contributed by atoms with van der Waals surface area (Å²) in [6.07, 6.45) is 8.47. The average molecular weight is 267 g/mol. The first-order valence-corrected chi connectivity index (χ1v) is 8.35. The maximum absolute atomic E-state index is 5.78. The molecule has 0 radical (unpaired) electrons. The molecular formula is C17H33NO. The fourth-order valence-corrected chi connectivity index (χ4v) is 3.86. The highest BCUT2D eigenvalue weighted by Gasteiger charge is 2.31. The molecule has 2 heteroatoms. The van der Waals surface area contributed by atoms with Crippen LogP contribution in [0.4, 0.5) is 0 Å². The lowest BCUT2D eigenvalue weighted by molar-refractivity contribution is 0.0851. The second-order valence-corrected chi connectivity index (χ2v) is 7.69. The fourth-order valence-electron chi connectivity index (χ4n) is 3.86. The second-order valence-electron chi connectivity index (χ2n) is 7.69. The van der Waals surface area contributed by atoms with E-state index in [0.29, 0.717) is 11.5 Å². The van der Waals surface area contributed by atoms with Crippen LogP contribution in [0, 0.1) is 17.3 Å². The van der Waals surface area contributed by atoms with E-state index in [1.807, 2.05) is 0 Å². The molecule has 2 nitrogen and oxygen atoms in total. The first-order chi connectivity index (χ1) is 9.00. The molecule has 1 saturated carbocycles. The Kier molecular flexibility index (Phi) is 5.30. The lowest BCUT2D eigenvalue weighted by atomic mass is 9.71. The van der Waals surface area contributed by atoms with E-state index in [2.05, 4.69) is 33.0 Å². The molecule has 0 aromatic carbocycles. The third-order valence-electron chi connectivity index (χ3n) is 5.37. The average Bonchev–Trinajstić information content (AvgIpc) is 2.83. The summed E-state index contributed by atoms with van der Waals surface area (Å²) >= 11 is 0. The predicted molar refractivity (Wildman–Crippen MR) is 81.3 cm³/mol. The van der Waals surface area contributed by atoms with E-state index in [1.54, 1.807) is 0 Å². The van der Waals surface area contributed by atoms with Gasteiger partial charge in [0, 0.05) is 19.2 Å². The first kappa shape index (κ1) is 15.3. The van der Waals surface area contributed by atoms with Crippen molar-refractivity contribution in [2.24, 2.45) is 17.3 Å². The van der Waals surface area contributed by atoms with Crippen molar-refractivity contribution in [2.75, 3.05) is 13.2 Å². The minimum atomic E-state index is 0.498. The summed E-state index contributed by atoms with van der Waals surface area (Å²) in [6.45, 7) is 11.6. The molecular weight excluding hydrogens is 234 g/mol. The Bertz CT molecular complexity index is 263. The molecule has 1 N–H and O–H groups in total. The summed E-state index contributed by atoms with van der Waals surface area (Å²) in [5.74, 6) is 1.68. The highest BCUT2D eigenvalue weighted by atomic mass is 16.5. The molecule has 0 amide bonds. The number of rotatable bonds is 4. The number of hydrogen-bond donors (Lipinski definition) is 1. The molecule has 0 bridgehead atoms. The van der Waals surface area contributed by atoms with Crippen LogP contribution in [-0.2, 0) is 4.74 Å². The summed E-state index contributed by atoms with van der Waals surface area (Å²) in [5.41, 5.74) is 0.498. The standard InChI is InChI=1S/C17H33NO/c1-5-16-13(10-11-19-16)12-18-15-8-6-14(7-9-15)17(2,3)4/h13-16,18H,5-12H2,1-4H3. The molecule has 1 saturated heterocycles. The summed E-state index contributed by atoms with van der Waals surface area (Å²) in [5, 5.41) is 3.82. The van der Waals surface area contributed by atoms with Crippen LogP contribution in [0.3, 0.4) is 0 Å². The van der Waals surface area contributed by atoms with Gasteiger partial charge in [0.2, 0.25) is 0 Å². The van der Waals surface area contributed by atoms with Gasteiger partial charge >= 0.3 is 0 Å². The zero-order valence-corrected chi connectivity index (χ0v) is 13.4. The number of ether oxygens (including phenoxy) is 1. The van der Waals surface area contributed by atoms with E-state index in [0.717, 1.165) is 24.5 Å². The van der Waals surface area contributed by atoms with Crippen molar-refractivity contribution in [3.63, 3.8) is 0 Å². The molecule has 19 heavy (non-hydrogen) atoms. The first-order valence-electron chi connectivity index (χ1n) is 8.35. The van der Waals surface area contributed by atoms with Crippen LogP contribution in [0.2, 0.25) is 0 Å². The lowest BCUT2D eigenvalue weighted by Gasteiger charge is -2.37. The molecule has 2 rings (SSSR count). The minimum Gasteiger partial charge on any atom is -0.378 e. The zero-order valence-electron chi connectivity index (χ0n) is 13.4. The molecule has 2 unspecified atom stereocenters. The Morgan fingerprint density at radius 3 is 2.32 bits per heavy atom. The van der Waals surface area contributed by atoms with Gasteiger partial charge in [0.1, 0.15) is 0 Å². The third-order valence-corrected chi connectivity index (χ3v) is 5.37. The third kappa shape index (κ3) is 4.19. The van der Waals surface area contributed by atoms with E-state index < -0.39 is 0 Å². The molecule has 1 heterocycles. The Morgan fingerprint density at radius 1 is 1.05 bits per heavy atom. The van der Waals surface area contributed by atoms with Gasteiger partial charge in [-0.05, 0) is 55.8 Å². The molecule has 1 aliphatic heterocycles. The van der Waals surface area contributed by atoms with Crippen LogP contribution in [-0.4, -0.2) is 25.3 Å². The van der Waals surface area contributed by atoms with Gasteiger partial charge in [-0.15, -0.1) is 0 Å². The van der Waals surface area contributed by atoms with Gasteiger partial charge in [-0.2, -0.15) is 0 Å². The van der Waals surface area contributed by atoms with Crippen LogP contribution in [0.1, 0.15) is 66.2 Å². The SMILES string of the molecule is CCC1OCCC1CNC1CCC(C(C)(C)C)CC1. The van der Waals surface area contributed by atoms with Gasteiger partial charge in [0.25, 0.3) is 0 Å². The highest BCUT2D eigenvalue weighted by Crippen LogP contribution is 2.37. The smallest absolute Gasteiger partial charge is 0.0613 e. The summed E-state index contributed by atoms with van der Waals surface area (Å²) < 4.78 is 5.78. The van der Waals surface area contributed by atoms with E-state index in [4.69, 9.17) is 4.74 Å². The van der Waals surface area contributed by atoms with Crippen LogP contribution in [0.25, 0.3) is 0 Å². The Hall–Kier alpha value is -0.0800. The van der Waals surface area contributed by atoms with Gasteiger partial charge in [0.15, 0.2) is 0 Å². The van der Waals surface area contributed by atoms with Crippen LogP contribution < -0.4 is 5.32 Å². The molecule has 0 aromatic rings. The summed E-state index contributed by atoms with van der Waals surface area (Å²) in [6, 6.07) is 0.761. The molecule has 2 fully saturated rings. The monoisotopic (exact) mass is 267 g/mol. The van der Waals surface area contributed by atoms with Crippen molar-refractivity contribution in [2.45, 2.75) is 78.4 Å². The van der Waals surface area contributed by atoms with Gasteiger partial charge < -0.3 is 10.1 Å². The van der Waals surface area contributed by atoms with Crippen molar-refractivity contribution < 1.29 is 4.74 Å². The Labute approximate surface area is 119 Å². The van der Waals surface area contributed by atoms with E-state index in [9.17, 15) is 0 Å². The van der Waals surface area contributed by atoms with Crippen molar-refractivity contribution >= 4 is 0 Å². The van der Waals surface area contributed by atoms with Crippen molar-refractivity contribution in [3.05, 3.63) is 0 Å². The number of hydrogen-bond acceptors (Lipinski definition) is 2. The maximum Gasteiger partial charge on any atom is 0.0613 e. The minimum absolute atomic E-state index is 0.498. The van der Waals surface area contributed by atoms with Crippen molar-refractivity contribution in [1.29, 1.82) is 0 Å². The van der Waals surface area contributed by atoms with Crippen LogP contribution in [0.5, 0.6) is 0 Å². The zero-order chi connectivity index (χ0) is 13.9. The summed E-state index contributed by atoms with van der Waals surface area (Å²) in [4.78, 5) is 0. The second kappa shape index (κ2) is 6.58. The van der Waals surface area contributed by atoms with E-state index in [-0.39, 0.29) is 0 Å². The topological polar surface area (TPSA) is 21.3 Å². The molecule has 0 spiro atoms. The Morgan fingerprint density at radius 2 is 1.74 bits per heavy atom. The van der Waals surface area contributed by atoms with E-state index >= 15 is 0 Å². The van der Waals surface area contributed by atoms with E-state index in [1.165, 1.54) is 45.1 Å². The molecule has 2 atom stereocenters. The normalized spacial score (nSPS) is 36.6. The molecule has 0 aromatic heterocycles. The Balaban J connectivity index is 1.68. The van der Waals surface area contributed by atoms with Crippen molar-refractivity contribution in [3.8, 4) is 0 Å². The highest BCUT2D eigenvalue weighted by molar-refractivity contribution is 4.85. The summed E-state index contributed by atoms with van der Waals surface area (Å²) in [7, 11) is 0. The van der Waals surface area contributed by atoms with Gasteiger partial charge in [0.05, 0.1) is 6.10 Å². The maximum atomic E-state index is 5.78.